The molecular formula is C22H18FN2O2P. The topological polar surface area (TPSA) is 62.1 Å². The zero-order valence-electron chi connectivity index (χ0n) is 15.0. The lowest BCUT2D eigenvalue weighted by Crippen LogP contribution is -2.46. The van der Waals surface area contributed by atoms with Crippen molar-refractivity contribution in [3.8, 4) is 11.8 Å². The number of nitrogens with one attached hydrogen (secondary N) is 1. The zero-order valence-corrected chi connectivity index (χ0v) is 15.9. The lowest BCUT2D eigenvalue weighted by Gasteiger charge is -2.37. The van der Waals surface area contributed by atoms with Gasteiger partial charge in [0.1, 0.15) is 17.1 Å². The maximum Gasteiger partial charge on any atom is 0.206 e. The fraction of sp³-hybridized carbons (Fsp3) is 0.136. The van der Waals surface area contributed by atoms with Crippen LogP contribution in [0.2, 0.25) is 0 Å². The minimum atomic E-state index is -3.40. The monoisotopic (exact) mass is 392 g/mol. The third-order valence-electron chi connectivity index (χ3n) is 4.91. The summed E-state index contributed by atoms with van der Waals surface area (Å²) in [7, 11) is -3.40. The number of nitriles is 1. The second-order valence-corrected chi connectivity index (χ2v) is 9.12. The molecule has 1 atom stereocenters. The maximum absolute atomic E-state index is 14.3. The van der Waals surface area contributed by atoms with E-state index in [4.69, 9.17) is 4.74 Å². The number of fused-ring (bicyclic) bond motifs is 1. The van der Waals surface area contributed by atoms with Gasteiger partial charge in [-0.05, 0) is 42.5 Å². The molecule has 3 aromatic carbocycles. The van der Waals surface area contributed by atoms with E-state index in [0.29, 0.717) is 21.9 Å². The Bertz CT molecular complexity index is 1040. The van der Waals surface area contributed by atoms with Crippen molar-refractivity contribution < 1.29 is 13.7 Å². The third kappa shape index (κ3) is 3.11. The normalized spacial score (nSPS) is 18.6. The Labute approximate surface area is 163 Å². The summed E-state index contributed by atoms with van der Waals surface area (Å²) >= 11 is 0. The number of benzene rings is 3. The van der Waals surface area contributed by atoms with Crippen molar-refractivity contribution in [2.75, 3.05) is 6.61 Å². The van der Waals surface area contributed by atoms with E-state index in [1.54, 1.807) is 24.3 Å². The summed E-state index contributed by atoms with van der Waals surface area (Å²) in [4.78, 5) is 0. The first-order valence-electron chi connectivity index (χ1n) is 8.92. The molecule has 4 rings (SSSR count). The molecule has 4 nitrogen and oxygen atoms in total. The maximum atomic E-state index is 14.3. The molecule has 1 N–H and O–H groups in total. The van der Waals surface area contributed by atoms with Crippen molar-refractivity contribution in [2.45, 2.75) is 12.0 Å². The van der Waals surface area contributed by atoms with Gasteiger partial charge >= 0.3 is 0 Å². The minimum Gasteiger partial charge on any atom is -0.493 e. The van der Waals surface area contributed by atoms with Crippen LogP contribution in [-0.2, 0) is 10.1 Å². The van der Waals surface area contributed by atoms with Crippen LogP contribution in [0, 0.1) is 17.1 Å². The van der Waals surface area contributed by atoms with Crippen LogP contribution < -0.4 is 20.4 Å². The Morgan fingerprint density at radius 3 is 2.18 bits per heavy atom. The Balaban J connectivity index is 1.90. The predicted octanol–water partition coefficient (Wildman–Crippen LogP) is 3.85. The van der Waals surface area contributed by atoms with Gasteiger partial charge in [-0.3, -0.25) is 4.57 Å². The molecule has 1 heterocycles. The van der Waals surface area contributed by atoms with E-state index in [2.05, 4.69) is 11.2 Å². The molecule has 0 amide bonds. The molecule has 28 heavy (non-hydrogen) atoms. The van der Waals surface area contributed by atoms with Gasteiger partial charge in [-0.15, -0.1) is 0 Å². The number of halogens is 1. The number of nitrogens with zero attached hydrogens (tertiary/aromatic N) is 1. The van der Waals surface area contributed by atoms with Crippen molar-refractivity contribution in [3.05, 3.63) is 90.2 Å². The van der Waals surface area contributed by atoms with Gasteiger partial charge in [0.05, 0.1) is 12.7 Å². The summed E-state index contributed by atoms with van der Waals surface area (Å²) in [5, 5.41) is 14.5. The molecule has 0 aliphatic carbocycles. The second kappa shape index (κ2) is 7.24. The summed E-state index contributed by atoms with van der Waals surface area (Å²) in [5.74, 6) is -0.0469. The van der Waals surface area contributed by atoms with Gasteiger partial charge in [0.15, 0.2) is 0 Å². The fourth-order valence-corrected chi connectivity index (χ4v) is 6.05. The quantitative estimate of drug-likeness (QED) is 0.686. The van der Waals surface area contributed by atoms with E-state index in [-0.39, 0.29) is 13.0 Å². The van der Waals surface area contributed by atoms with Crippen LogP contribution in [0.25, 0.3) is 0 Å². The average molecular weight is 392 g/mol. The van der Waals surface area contributed by atoms with Gasteiger partial charge in [0.25, 0.3) is 0 Å². The molecule has 1 aliphatic heterocycles. The van der Waals surface area contributed by atoms with E-state index < -0.39 is 18.6 Å². The fourth-order valence-electron chi connectivity index (χ4n) is 3.49. The summed E-state index contributed by atoms with van der Waals surface area (Å²) in [6.45, 7) is 0.267. The Kier molecular flexibility index (Phi) is 4.77. The highest BCUT2D eigenvalue weighted by Gasteiger charge is 2.44. The van der Waals surface area contributed by atoms with Crippen molar-refractivity contribution in [1.82, 2.24) is 5.09 Å². The Morgan fingerprint density at radius 1 is 1.00 bits per heavy atom. The molecule has 0 bridgehead atoms. The molecule has 3 aromatic rings. The van der Waals surface area contributed by atoms with E-state index in [9.17, 15) is 14.2 Å². The van der Waals surface area contributed by atoms with E-state index in [1.807, 2.05) is 36.4 Å². The predicted molar refractivity (Wildman–Crippen MR) is 107 cm³/mol. The van der Waals surface area contributed by atoms with Gasteiger partial charge in [-0.2, -0.15) is 5.26 Å². The largest absolute Gasteiger partial charge is 0.493 e. The van der Waals surface area contributed by atoms with Crippen LogP contribution in [0.3, 0.4) is 0 Å². The highest BCUT2D eigenvalue weighted by molar-refractivity contribution is 7.77. The van der Waals surface area contributed by atoms with E-state index in [1.165, 1.54) is 18.2 Å². The first kappa shape index (κ1) is 18.4. The number of hydrogen-bond acceptors (Lipinski definition) is 3. The van der Waals surface area contributed by atoms with E-state index >= 15 is 0 Å². The van der Waals surface area contributed by atoms with Crippen molar-refractivity contribution >= 4 is 17.9 Å². The standard InChI is InChI=1S/C22H18FN2O2P/c23-17-11-12-21-20(15-17)22(16-24,13-14-27-21)25-28(26,18-7-3-1-4-8-18)19-9-5-2-6-10-19/h1-12,15H,13-14H2,(H,25,26)/t22-/m1/s1. The van der Waals surface area contributed by atoms with Crippen molar-refractivity contribution in [2.24, 2.45) is 0 Å². The van der Waals surface area contributed by atoms with Gasteiger partial charge in [-0.1, -0.05) is 36.4 Å². The number of rotatable bonds is 4. The summed E-state index contributed by atoms with van der Waals surface area (Å²) < 4.78 is 34.0. The molecule has 1 aliphatic rings. The third-order valence-corrected chi connectivity index (χ3v) is 7.66. The van der Waals surface area contributed by atoms with Gasteiger partial charge in [0, 0.05) is 22.6 Å². The first-order chi connectivity index (χ1) is 13.6. The van der Waals surface area contributed by atoms with Crippen LogP contribution in [0.15, 0.2) is 78.9 Å². The summed E-state index contributed by atoms with van der Waals surface area (Å²) in [6.07, 6.45) is 0.254. The lowest BCUT2D eigenvalue weighted by molar-refractivity contribution is 0.235. The number of ether oxygens (including phenoxy) is 1. The van der Waals surface area contributed by atoms with Crippen LogP contribution in [-0.4, -0.2) is 6.61 Å². The molecule has 0 spiro atoms. The van der Waals surface area contributed by atoms with Gasteiger partial charge < -0.3 is 4.74 Å². The highest BCUT2D eigenvalue weighted by Crippen LogP contribution is 2.47. The highest BCUT2D eigenvalue weighted by atomic mass is 31.2. The molecule has 140 valence electrons. The van der Waals surface area contributed by atoms with Crippen molar-refractivity contribution in [3.63, 3.8) is 0 Å². The van der Waals surface area contributed by atoms with Crippen molar-refractivity contribution in [1.29, 1.82) is 5.26 Å². The summed E-state index contributed by atoms with van der Waals surface area (Å²) in [5.41, 5.74) is -0.968. The average Bonchev–Trinajstić information content (AvgIpc) is 2.75. The molecule has 0 unspecified atom stereocenters. The van der Waals surface area contributed by atoms with Gasteiger partial charge in [0.2, 0.25) is 7.29 Å². The van der Waals surface area contributed by atoms with E-state index in [0.717, 1.165) is 0 Å². The molecule has 6 heteroatoms. The molecule has 0 fully saturated rings. The molecule has 0 saturated carbocycles. The Hall–Kier alpha value is -2.93. The zero-order chi connectivity index (χ0) is 19.6. The Morgan fingerprint density at radius 2 is 1.61 bits per heavy atom. The smallest absolute Gasteiger partial charge is 0.206 e. The summed E-state index contributed by atoms with van der Waals surface area (Å²) in [6, 6.07) is 24.4. The number of hydrogen-bond donors (Lipinski definition) is 1. The SMILES string of the molecule is N#C[C@]1(NP(=O)(c2ccccc2)c2ccccc2)CCOc2ccc(F)cc21. The minimum absolute atomic E-state index is 0.254. The molecule has 0 radical (unpaired) electrons. The molecule has 0 aromatic heterocycles. The van der Waals surface area contributed by atoms with Crippen LogP contribution in [0.1, 0.15) is 12.0 Å². The van der Waals surface area contributed by atoms with Crippen LogP contribution in [0.5, 0.6) is 5.75 Å². The molecular weight excluding hydrogens is 374 g/mol. The second-order valence-electron chi connectivity index (χ2n) is 6.65. The van der Waals surface area contributed by atoms with Gasteiger partial charge in [-0.25, -0.2) is 9.48 Å². The van der Waals surface area contributed by atoms with Crippen LogP contribution in [0.4, 0.5) is 4.39 Å². The van der Waals surface area contributed by atoms with Crippen LogP contribution >= 0.6 is 7.29 Å². The lowest BCUT2D eigenvalue weighted by atomic mass is 9.87. The molecule has 0 saturated heterocycles. The first-order valence-corrected chi connectivity index (χ1v) is 10.6.